The monoisotopic (exact) mass is 350 g/mol. The highest BCUT2D eigenvalue weighted by atomic mass is 16.7. The van der Waals surface area contributed by atoms with E-state index in [1.54, 1.807) is 12.1 Å². The molecule has 0 saturated heterocycles. The molecule has 136 valence electrons. The van der Waals surface area contributed by atoms with E-state index in [9.17, 15) is 9.59 Å². The number of ether oxygens (including phenoxy) is 5. The molecule has 1 rings (SSSR count). The Balaban J connectivity index is 2.82. The average Bonchev–Trinajstić information content (AvgIpc) is 2.58. The molecule has 0 fully saturated rings. The van der Waals surface area contributed by atoms with Crippen molar-refractivity contribution < 1.29 is 33.3 Å². The molecule has 0 spiro atoms. The summed E-state index contributed by atoms with van der Waals surface area (Å²) in [5.41, 5.74) is 0.855. The summed E-state index contributed by atoms with van der Waals surface area (Å²) in [4.78, 5) is 23.1. The van der Waals surface area contributed by atoms with Gasteiger partial charge in [0.25, 0.3) is 0 Å². The lowest BCUT2D eigenvalue weighted by molar-refractivity contribution is -0.177. The smallest absolute Gasteiger partial charge is 0.336 e. The Morgan fingerprint density at radius 1 is 1.04 bits per heavy atom. The lowest BCUT2D eigenvalue weighted by Crippen LogP contribution is -2.20. The fourth-order valence-electron chi connectivity index (χ4n) is 1.84. The number of hydrogen-bond donors (Lipinski definition) is 0. The Kier molecular flexibility index (Phi) is 7.52. The van der Waals surface area contributed by atoms with E-state index in [0.717, 1.165) is 0 Å². The number of benzene rings is 1. The van der Waals surface area contributed by atoms with Gasteiger partial charge in [-0.2, -0.15) is 0 Å². The first-order valence-corrected chi connectivity index (χ1v) is 7.37. The van der Waals surface area contributed by atoms with Crippen LogP contribution in [0.3, 0.4) is 0 Å². The predicted molar refractivity (Wildman–Crippen MR) is 91.6 cm³/mol. The molecule has 7 heteroatoms. The summed E-state index contributed by atoms with van der Waals surface area (Å²) in [5.74, 6) is 0.0620. The van der Waals surface area contributed by atoms with Gasteiger partial charge < -0.3 is 23.7 Å². The number of rotatable bonds is 8. The van der Waals surface area contributed by atoms with Gasteiger partial charge in [-0.05, 0) is 30.7 Å². The molecule has 0 aliphatic heterocycles. The second-order valence-electron chi connectivity index (χ2n) is 4.98. The number of hydrogen-bond acceptors (Lipinski definition) is 7. The Hall–Kier alpha value is -2.96. The summed E-state index contributed by atoms with van der Waals surface area (Å²) in [5, 5.41) is 0. The Morgan fingerprint density at radius 3 is 2.04 bits per heavy atom. The molecule has 0 saturated carbocycles. The third-order valence-electron chi connectivity index (χ3n) is 3.00. The van der Waals surface area contributed by atoms with E-state index in [1.807, 2.05) is 0 Å². The first-order valence-electron chi connectivity index (χ1n) is 7.37. The summed E-state index contributed by atoms with van der Waals surface area (Å²) in [6.45, 7) is 6.38. The highest BCUT2D eigenvalue weighted by molar-refractivity contribution is 5.88. The molecule has 0 N–H and O–H groups in total. The van der Waals surface area contributed by atoms with Crippen molar-refractivity contribution in [2.75, 3.05) is 21.3 Å². The number of carbonyl (C=O) groups is 2. The van der Waals surface area contributed by atoms with Gasteiger partial charge in [-0.25, -0.2) is 9.59 Å². The minimum Gasteiger partial charge on any atom is -0.493 e. The summed E-state index contributed by atoms with van der Waals surface area (Å²) in [7, 11) is 4.49. The molecule has 0 aliphatic carbocycles. The SMILES string of the molecule is C=C(C)C(=O)OC(C)OC(=O)C=Cc1cc(OC)c(OC)c(OC)c1. The van der Waals surface area contributed by atoms with Crippen LogP contribution in [0, 0.1) is 0 Å². The Labute approximate surface area is 146 Å². The normalized spacial score (nSPS) is 11.6. The van der Waals surface area contributed by atoms with Crippen molar-refractivity contribution in [3.8, 4) is 17.2 Å². The lowest BCUT2D eigenvalue weighted by Gasteiger charge is -2.13. The highest BCUT2D eigenvalue weighted by Crippen LogP contribution is 2.38. The molecule has 1 aromatic carbocycles. The zero-order valence-corrected chi connectivity index (χ0v) is 15.0. The van der Waals surface area contributed by atoms with Gasteiger partial charge in [0, 0.05) is 18.6 Å². The van der Waals surface area contributed by atoms with E-state index in [4.69, 9.17) is 23.7 Å². The number of carbonyl (C=O) groups excluding carboxylic acids is 2. The minimum absolute atomic E-state index is 0.218. The van der Waals surface area contributed by atoms with Gasteiger partial charge in [-0.3, -0.25) is 0 Å². The predicted octanol–water partition coefficient (Wildman–Crippen LogP) is 2.73. The van der Waals surface area contributed by atoms with Gasteiger partial charge in [-0.1, -0.05) is 6.58 Å². The first kappa shape index (κ1) is 20.1. The summed E-state index contributed by atoms with van der Waals surface area (Å²) < 4.78 is 25.5. The van der Waals surface area contributed by atoms with Crippen LogP contribution in [0.4, 0.5) is 0 Å². The van der Waals surface area contributed by atoms with Gasteiger partial charge in [0.05, 0.1) is 21.3 Å². The second kappa shape index (κ2) is 9.36. The van der Waals surface area contributed by atoms with Crippen molar-refractivity contribution >= 4 is 18.0 Å². The van der Waals surface area contributed by atoms with Gasteiger partial charge in [0.2, 0.25) is 12.0 Å². The van der Waals surface area contributed by atoms with Gasteiger partial charge in [-0.15, -0.1) is 0 Å². The molecule has 1 atom stereocenters. The fraction of sp³-hybridized carbons (Fsp3) is 0.333. The van der Waals surface area contributed by atoms with Crippen LogP contribution in [-0.4, -0.2) is 39.6 Å². The van der Waals surface area contributed by atoms with E-state index >= 15 is 0 Å². The molecule has 25 heavy (non-hydrogen) atoms. The van der Waals surface area contributed by atoms with Crippen molar-refractivity contribution in [3.05, 3.63) is 35.9 Å². The van der Waals surface area contributed by atoms with Gasteiger partial charge in [0.1, 0.15) is 0 Å². The van der Waals surface area contributed by atoms with Crippen LogP contribution >= 0.6 is 0 Å². The van der Waals surface area contributed by atoms with Crippen LogP contribution < -0.4 is 14.2 Å². The summed E-state index contributed by atoms with van der Waals surface area (Å²) >= 11 is 0. The number of methoxy groups -OCH3 is 3. The summed E-state index contributed by atoms with van der Waals surface area (Å²) in [6.07, 6.45) is 1.69. The van der Waals surface area contributed by atoms with Crippen molar-refractivity contribution in [3.63, 3.8) is 0 Å². The molecule has 0 heterocycles. The maximum atomic E-state index is 11.8. The van der Waals surface area contributed by atoms with Crippen molar-refractivity contribution in [2.24, 2.45) is 0 Å². The Morgan fingerprint density at radius 2 is 1.60 bits per heavy atom. The van der Waals surface area contributed by atoms with Crippen LogP contribution in [0.15, 0.2) is 30.4 Å². The third-order valence-corrected chi connectivity index (χ3v) is 3.00. The topological polar surface area (TPSA) is 80.3 Å². The fourth-order valence-corrected chi connectivity index (χ4v) is 1.84. The average molecular weight is 350 g/mol. The van der Waals surface area contributed by atoms with Crippen LogP contribution in [0.5, 0.6) is 17.2 Å². The lowest BCUT2D eigenvalue weighted by atomic mass is 10.1. The van der Waals surface area contributed by atoms with Crippen LogP contribution in [0.1, 0.15) is 19.4 Å². The molecule has 7 nitrogen and oxygen atoms in total. The van der Waals surface area contributed by atoms with E-state index in [0.29, 0.717) is 22.8 Å². The van der Waals surface area contributed by atoms with Gasteiger partial charge in [0.15, 0.2) is 11.5 Å². The van der Waals surface area contributed by atoms with Crippen LogP contribution in [0.25, 0.3) is 6.08 Å². The molecule has 0 aliphatic rings. The van der Waals surface area contributed by atoms with E-state index in [2.05, 4.69) is 6.58 Å². The molecule has 1 aromatic rings. The zero-order chi connectivity index (χ0) is 19.0. The molecule has 0 amide bonds. The van der Waals surface area contributed by atoms with Crippen LogP contribution in [-0.2, 0) is 19.1 Å². The van der Waals surface area contributed by atoms with Crippen molar-refractivity contribution in [2.45, 2.75) is 20.1 Å². The van der Waals surface area contributed by atoms with Crippen LogP contribution in [0.2, 0.25) is 0 Å². The largest absolute Gasteiger partial charge is 0.493 e. The molecule has 0 aromatic heterocycles. The first-order chi connectivity index (χ1) is 11.8. The molecular weight excluding hydrogens is 328 g/mol. The van der Waals surface area contributed by atoms with E-state index in [1.165, 1.54) is 47.3 Å². The summed E-state index contributed by atoms with van der Waals surface area (Å²) in [6, 6.07) is 3.35. The van der Waals surface area contributed by atoms with Crippen molar-refractivity contribution in [1.82, 2.24) is 0 Å². The quantitative estimate of drug-likeness (QED) is 0.405. The second-order valence-corrected chi connectivity index (χ2v) is 4.98. The molecule has 0 bridgehead atoms. The minimum atomic E-state index is -1.03. The van der Waals surface area contributed by atoms with Gasteiger partial charge >= 0.3 is 11.9 Å². The third kappa shape index (κ3) is 5.87. The zero-order valence-electron chi connectivity index (χ0n) is 15.0. The van der Waals surface area contributed by atoms with E-state index < -0.39 is 18.2 Å². The molecule has 0 radical (unpaired) electrons. The molecular formula is C18H22O7. The number of esters is 2. The van der Waals surface area contributed by atoms with Crippen molar-refractivity contribution in [1.29, 1.82) is 0 Å². The highest BCUT2D eigenvalue weighted by Gasteiger charge is 2.14. The standard InChI is InChI=1S/C18H22O7/c1-11(2)18(20)25-12(3)24-16(19)8-7-13-9-14(21-4)17(23-6)15(10-13)22-5/h7-10,12H,1H2,2-6H3. The molecule has 1 unspecified atom stereocenters. The maximum absolute atomic E-state index is 11.8. The maximum Gasteiger partial charge on any atom is 0.336 e. The Bertz CT molecular complexity index is 651. The van der Waals surface area contributed by atoms with E-state index in [-0.39, 0.29) is 5.57 Å².